The molecule has 0 spiro atoms. The van der Waals surface area contributed by atoms with Crippen molar-refractivity contribution >= 4 is 0 Å². The summed E-state index contributed by atoms with van der Waals surface area (Å²) in [6.45, 7) is 0.765. The minimum absolute atomic E-state index is 0.342. The third kappa shape index (κ3) is 4.00. The van der Waals surface area contributed by atoms with E-state index in [4.69, 9.17) is 15.2 Å². The third-order valence-electron chi connectivity index (χ3n) is 3.54. The summed E-state index contributed by atoms with van der Waals surface area (Å²) in [4.78, 5) is 0. The maximum absolute atomic E-state index is 5.98. The number of nitrogens with two attached hydrogens (primary N) is 1. The molecule has 0 radical (unpaired) electrons. The average molecular weight is 249 g/mol. The van der Waals surface area contributed by atoms with E-state index in [2.05, 4.69) is 24.3 Å². The SMILES string of the molecule is COCCc1ccc(OC2CCC(N)CC2)cc1. The zero-order chi connectivity index (χ0) is 12.8. The van der Waals surface area contributed by atoms with Gasteiger partial charge in [-0.1, -0.05) is 12.1 Å². The monoisotopic (exact) mass is 249 g/mol. The summed E-state index contributed by atoms with van der Waals surface area (Å²) >= 11 is 0. The standard InChI is InChI=1S/C15H23NO2/c1-17-11-10-12-2-6-14(7-3-12)18-15-8-4-13(16)5-9-15/h2-3,6-7,13,15H,4-5,8-11,16H2,1H3. The molecule has 1 aliphatic rings. The highest BCUT2D eigenvalue weighted by atomic mass is 16.5. The van der Waals surface area contributed by atoms with Gasteiger partial charge in [0.25, 0.3) is 0 Å². The van der Waals surface area contributed by atoms with Crippen molar-refractivity contribution < 1.29 is 9.47 Å². The predicted octanol–water partition coefficient (Wildman–Crippen LogP) is 2.52. The van der Waals surface area contributed by atoms with Crippen molar-refractivity contribution in [3.8, 4) is 5.75 Å². The molecule has 2 N–H and O–H groups in total. The second kappa shape index (κ2) is 6.76. The molecule has 0 saturated heterocycles. The second-order valence-electron chi connectivity index (χ2n) is 5.04. The van der Waals surface area contributed by atoms with E-state index in [-0.39, 0.29) is 0 Å². The number of hydrogen-bond acceptors (Lipinski definition) is 3. The maximum Gasteiger partial charge on any atom is 0.119 e. The molecule has 0 heterocycles. The molecule has 0 atom stereocenters. The van der Waals surface area contributed by atoms with Crippen LogP contribution in [0.15, 0.2) is 24.3 Å². The Morgan fingerprint density at radius 2 is 1.78 bits per heavy atom. The first-order valence-electron chi connectivity index (χ1n) is 6.78. The highest BCUT2D eigenvalue weighted by molar-refractivity contribution is 5.27. The first kappa shape index (κ1) is 13.4. The van der Waals surface area contributed by atoms with Gasteiger partial charge in [0.15, 0.2) is 0 Å². The van der Waals surface area contributed by atoms with Crippen LogP contribution >= 0.6 is 0 Å². The Labute approximate surface area is 109 Å². The molecule has 1 aromatic carbocycles. The molecule has 0 bridgehead atoms. The van der Waals surface area contributed by atoms with Crippen LogP contribution in [0.3, 0.4) is 0 Å². The van der Waals surface area contributed by atoms with Crippen LogP contribution < -0.4 is 10.5 Å². The van der Waals surface area contributed by atoms with Crippen molar-refractivity contribution in [2.45, 2.75) is 44.2 Å². The molecule has 0 aliphatic heterocycles. The summed E-state index contributed by atoms with van der Waals surface area (Å²) < 4.78 is 11.0. The molecule has 1 aliphatic carbocycles. The maximum atomic E-state index is 5.98. The van der Waals surface area contributed by atoms with Gasteiger partial charge in [0, 0.05) is 13.2 Å². The fourth-order valence-electron chi connectivity index (χ4n) is 2.35. The Morgan fingerprint density at radius 1 is 1.11 bits per heavy atom. The van der Waals surface area contributed by atoms with Crippen molar-refractivity contribution in [3.05, 3.63) is 29.8 Å². The van der Waals surface area contributed by atoms with E-state index in [9.17, 15) is 0 Å². The molecule has 1 aromatic rings. The highest BCUT2D eigenvalue weighted by Crippen LogP contribution is 2.23. The zero-order valence-corrected chi connectivity index (χ0v) is 11.1. The largest absolute Gasteiger partial charge is 0.490 e. The Hall–Kier alpha value is -1.06. The van der Waals surface area contributed by atoms with Crippen molar-refractivity contribution in [2.24, 2.45) is 5.73 Å². The topological polar surface area (TPSA) is 44.5 Å². The molecule has 100 valence electrons. The van der Waals surface area contributed by atoms with Gasteiger partial charge in [-0.3, -0.25) is 0 Å². The lowest BCUT2D eigenvalue weighted by Crippen LogP contribution is -2.31. The number of hydrogen-bond donors (Lipinski definition) is 1. The molecule has 0 unspecified atom stereocenters. The predicted molar refractivity (Wildman–Crippen MR) is 72.9 cm³/mol. The Morgan fingerprint density at radius 3 is 2.39 bits per heavy atom. The van der Waals surface area contributed by atoms with Gasteiger partial charge in [0.05, 0.1) is 12.7 Å². The molecule has 0 amide bonds. The molecule has 3 heteroatoms. The lowest BCUT2D eigenvalue weighted by Gasteiger charge is -2.26. The number of rotatable bonds is 5. The van der Waals surface area contributed by atoms with Crippen LogP contribution in [-0.2, 0) is 11.2 Å². The van der Waals surface area contributed by atoms with E-state index in [1.807, 2.05) is 0 Å². The van der Waals surface area contributed by atoms with Gasteiger partial charge >= 0.3 is 0 Å². The van der Waals surface area contributed by atoms with Gasteiger partial charge in [0.2, 0.25) is 0 Å². The fraction of sp³-hybridized carbons (Fsp3) is 0.600. The Kier molecular flexibility index (Phi) is 5.02. The number of benzene rings is 1. The molecule has 1 fully saturated rings. The summed E-state index contributed by atoms with van der Waals surface area (Å²) in [6.07, 6.45) is 5.61. The second-order valence-corrected chi connectivity index (χ2v) is 5.04. The van der Waals surface area contributed by atoms with E-state index in [1.54, 1.807) is 7.11 Å². The summed E-state index contributed by atoms with van der Waals surface area (Å²) in [5, 5.41) is 0. The zero-order valence-electron chi connectivity index (χ0n) is 11.1. The van der Waals surface area contributed by atoms with Crippen LogP contribution in [0.25, 0.3) is 0 Å². The summed E-state index contributed by atoms with van der Waals surface area (Å²) in [7, 11) is 1.73. The minimum Gasteiger partial charge on any atom is -0.490 e. The van der Waals surface area contributed by atoms with Gasteiger partial charge in [-0.2, -0.15) is 0 Å². The third-order valence-corrected chi connectivity index (χ3v) is 3.54. The van der Waals surface area contributed by atoms with Crippen molar-refractivity contribution in [3.63, 3.8) is 0 Å². The van der Waals surface area contributed by atoms with Gasteiger partial charge in [-0.15, -0.1) is 0 Å². The van der Waals surface area contributed by atoms with Crippen LogP contribution in [0.4, 0.5) is 0 Å². The average Bonchev–Trinajstić information content (AvgIpc) is 2.41. The lowest BCUT2D eigenvalue weighted by atomic mass is 9.94. The Bertz CT molecular complexity index is 342. The van der Waals surface area contributed by atoms with Gasteiger partial charge < -0.3 is 15.2 Å². The molecule has 0 aromatic heterocycles. The van der Waals surface area contributed by atoms with E-state index in [0.717, 1.165) is 44.5 Å². The summed E-state index contributed by atoms with van der Waals surface area (Å²) in [5.74, 6) is 0.969. The van der Waals surface area contributed by atoms with Gasteiger partial charge in [-0.25, -0.2) is 0 Å². The van der Waals surface area contributed by atoms with E-state index in [0.29, 0.717) is 12.1 Å². The van der Waals surface area contributed by atoms with Crippen LogP contribution in [0.5, 0.6) is 5.75 Å². The lowest BCUT2D eigenvalue weighted by molar-refractivity contribution is 0.147. The first-order chi connectivity index (χ1) is 8.78. The number of methoxy groups -OCH3 is 1. The first-order valence-corrected chi connectivity index (χ1v) is 6.78. The Balaban J connectivity index is 1.82. The van der Waals surface area contributed by atoms with Gasteiger partial charge in [0.1, 0.15) is 5.75 Å². The van der Waals surface area contributed by atoms with Crippen molar-refractivity contribution in [1.82, 2.24) is 0 Å². The minimum atomic E-state index is 0.342. The molecule has 2 rings (SSSR count). The normalized spacial score (nSPS) is 23.9. The summed E-state index contributed by atoms with van der Waals surface area (Å²) in [6, 6.07) is 8.71. The molecule has 3 nitrogen and oxygen atoms in total. The molecule has 1 saturated carbocycles. The van der Waals surface area contributed by atoms with Crippen molar-refractivity contribution in [2.75, 3.05) is 13.7 Å². The molecule has 18 heavy (non-hydrogen) atoms. The summed E-state index contributed by atoms with van der Waals surface area (Å²) in [5.41, 5.74) is 7.18. The molecular weight excluding hydrogens is 226 g/mol. The molecular formula is C15H23NO2. The van der Waals surface area contributed by atoms with E-state index >= 15 is 0 Å². The highest BCUT2D eigenvalue weighted by Gasteiger charge is 2.19. The van der Waals surface area contributed by atoms with Crippen LogP contribution in [0.2, 0.25) is 0 Å². The van der Waals surface area contributed by atoms with E-state index in [1.165, 1.54) is 5.56 Å². The van der Waals surface area contributed by atoms with Crippen LogP contribution in [-0.4, -0.2) is 25.9 Å². The fourth-order valence-corrected chi connectivity index (χ4v) is 2.35. The van der Waals surface area contributed by atoms with E-state index < -0.39 is 0 Å². The van der Waals surface area contributed by atoms with Crippen molar-refractivity contribution in [1.29, 1.82) is 0 Å². The quantitative estimate of drug-likeness (QED) is 0.872. The number of ether oxygens (including phenoxy) is 2. The van der Waals surface area contributed by atoms with Crippen LogP contribution in [0, 0.1) is 0 Å². The smallest absolute Gasteiger partial charge is 0.119 e. The van der Waals surface area contributed by atoms with Crippen LogP contribution in [0.1, 0.15) is 31.2 Å². The van der Waals surface area contributed by atoms with Gasteiger partial charge in [-0.05, 0) is 49.8 Å².